The molecule has 0 aromatic heterocycles. The second kappa shape index (κ2) is 17.3. The van der Waals surface area contributed by atoms with Gasteiger partial charge in [-0.15, -0.1) is 0 Å². The third-order valence-electron chi connectivity index (χ3n) is 7.10. The number of hydrogen-bond acceptors (Lipinski definition) is 5. The second-order valence-electron chi connectivity index (χ2n) is 9.77. The van der Waals surface area contributed by atoms with Crippen LogP contribution in [0.5, 0.6) is 11.5 Å². The summed E-state index contributed by atoms with van der Waals surface area (Å²) in [5.41, 5.74) is 3.12. The van der Waals surface area contributed by atoms with E-state index >= 15 is 0 Å². The highest BCUT2D eigenvalue weighted by Gasteiger charge is 2.59. The molecule has 1 heterocycles. The third-order valence-corrected chi connectivity index (χ3v) is 7.10. The highest BCUT2D eigenvalue weighted by atomic mass is 19.4. The summed E-state index contributed by atoms with van der Waals surface area (Å²) in [7, 11) is 1.55. The lowest BCUT2D eigenvalue weighted by molar-refractivity contribution is -0.240. The number of nitriles is 1. The Bertz CT molecular complexity index is 1440. The Hall–Kier alpha value is -4.09. The van der Waals surface area contributed by atoms with E-state index < -0.39 is 11.8 Å². The zero-order valence-electron chi connectivity index (χ0n) is 27.3. The molecule has 238 valence electrons. The molecule has 1 N–H and O–H groups in total. The summed E-state index contributed by atoms with van der Waals surface area (Å²) >= 11 is 0. The van der Waals surface area contributed by atoms with E-state index in [2.05, 4.69) is 11.9 Å². The summed E-state index contributed by atoms with van der Waals surface area (Å²) in [4.78, 5) is 11.8. The average molecular weight is 611 g/mol. The summed E-state index contributed by atoms with van der Waals surface area (Å²) in [5, 5.41) is 12.5. The van der Waals surface area contributed by atoms with E-state index in [9.17, 15) is 23.2 Å². The van der Waals surface area contributed by atoms with Crippen molar-refractivity contribution in [1.82, 2.24) is 5.32 Å². The fourth-order valence-corrected chi connectivity index (χ4v) is 4.66. The lowest BCUT2D eigenvalue weighted by atomic mass is 9.92. The Morgan fingerprint density at radius 3 is 2.16 bits per heavy atom. The van der Waals surface area contributed by atoms with Gasteiger partial charge in [0.25, 0.3) is 0 Å². The number of carbonyl (C=O) groups is 1. The number of carbonyl (C=O) groups excluding carboxylic acids is 1. The zero-order valence-corrected chi connectivity index (χ0v) is 27.3. The molecule has 1 aliphatic rings. The number of nitrogens with zero attached hydrogens (tertiary/aromatic N) is 1. The van der Waals surface area contributed by atoms with Gasteiger partial charge in [-0.1, -0.05) is 70.7 Å². The monoisotopic (exact) mass is 610 g/mol. The topological polar surface area (TPSA) is 71.3 Å². The smallest absolute Gasteiger partial charge is 0.429 e. The fourth-order valence-electron chi connectivity index (χ4n) is 4.66. The molecule has 0 spiro atoms. The number of nitrogens with one attached hydrogen (secondary N) is 1. The molecule has 1 unspecified atom stereocenters. The fraction of sp³-hybridized carbons (Fsp3) is 0.389. The van der Waals surface area contributed by atoms with Crippen LogP contribution in [0.15, 0.2) is 72.4 Å². The number of Topliss-reactive ketones (excluding diaryl/α,β-unsaturated/α-hetero) is 1. The highest BCUT2D eigenvalue weighted by molar-refractivity contribution is 5.95. The van der Waals surface area contributed by atoms with Gasteiger partial charge in [0.05, 0.1) is 12.7 Å². The standard InChI is InChI=1S/C32H33F3N2O3.2C2H6/c1-7-8-28(22(4)20(2)15-21(3)27-11-9-24(23(5)38)17-30(27)39-6)25-10-12-29(26(16-25)18-36)40-31(32(33,34)35)13-14-37-19-31;2*1-2/h7-12,15-17,37H,1,13-14,19H2,2-6H3;2*1-2H3/b21-15+,22-20+,28-8+;;. The van der Waals surface area contributed by atoms with Crippen LogP contribution in [0.3, 0.4) is 0 Å². The van der Waals surface area contributed by atoms with Crippen LogP contribution in [-0.4, -0.2) is 37.8 Å². The number of halogens is 3. The second-order valence-corrected chi connectivity index (χ2v) is 9.77. The Labute approximate surface area is 260 Å². The van der Waals surface area contributed by atoms with Gasteiger partial charge >= 0.3 is 6.18 Å². The molecule has 0 radical (unpaired) electrons. The van der Waals surface area contributed by atoms with Gasteiger partial charge < -0.3 is 14.8 Å². The number of ether oxygens (including phenoxy) is 2. The quantitative estimate of drug-likeness (QED) is 0.226. The first-order valence-electron chi connectivity index (χ1n) is 14.8. The predicted octanol–water partition coefficient (Wildman–Crippen LogP) is 9.50. The Morgan fingerprint density at radius 1 is 1.02 bits per heavy atom. The first-order valence-corrected chi connectivity index (χ1v) is 14.8. The van der Waals surface area contributed by atoms with Crippen LogP contribution < -0.4 is 14.8 Å². The van der Waals surface area contributed by atoms with E-state index in [1.165, 1.54) is 19.1 Å². The summed E-state index contributed by atoms with van der Waals surface area (Å²) in [6, 6.07) is 11.9. The molecule has 0 amide bonds. The van der Waals surface area contributed by atoms with Crippen LogP contribution in [0.2, 0.25) is 0 Å². The van der Waals surface area contributed by atoms with Crippen LogP contribution in [0.25, 0.3) is 11.1 Å². The van der Waals surface area contributed by atoms with Crippen molar-refractivity contribution >= 4 is 16.9 Å². The Morgan fingerprint density at radius 2 is 1.66 bits per heavy atom. The van der Waals surface area contributed by atoms with E-state index in [4.69, 9.17) is 9.47 Å². The van der Waals surface area contributed by atoms with Gasteiger partial charge in [0.1, 0.15) is 17.6 Å². The van der Waals surface area contributed by atoms with E-state index in [1.807, 2.05) is 66.7 Å². The molecule has 1 atom stereocenters. The van der Waals surface area contributed by atoms with Gasteiger partial charge in [0.15, 0.2) is 5.78 Å². The summed E-state index contributed by atoms with van der Waals surface area (Å²) in [6.07, 6.45) is 0.566. The minimum Gasteiger partial charge on any atom is -0.496 e. The van der Waals surface area contributed by atoms with Crippen LogP contribution in [0.4, 0.5) is 13.2 Å². The minimum absolute atomic E-state index is 0.00969. The molecule has 2 aromatic rings. The van der Waals surface area contributed by atoms with Crippen LogP contribution in [0, 0.1) is 11.3 Å². The van der Waals surface area contributed by atoms with Gasteiger partial charge in [-0.25, -0.2) is 0 Å². The molecule has 0 saturated carbocycles. The Kier molecular flexibility index (Phi) is 14.9. The molecule has 3 rings (SSSR count). The number of hydrogen-bond donors (Lipinski definition) is 1. The molecule has 8 heteroatoms. The number of rotatable bonds is 9. The van der Waals surface area contributed by atoms with Crippen LogP contribution >= 0.6 is 0 Å². The molecular weight excluding hydrogens is 565 g/mol. The molecule has 0 aliphatic carbocycles. The number of alkyl halides is 3. The maximum absolute atomic E-state index is 13.9. The molecule has 1 fully saturated rings. The van der Waals surface area contributed by atoms with Crippen molar-refractivity contribution in [3.63, 3.8) is 0 Å². The van der Waals surface area contributed by atoms with Crippen LogP contribution in [-0.2, 0) is 0 Å². The summed E-state index contributed by atoms with van der Waals surface area (Å²) in [5.74, 6) is 0.414. The molecule has 5 nitrogen and oxygen atoms in total. The van der Waals surface area contributed by atoms with Gasteiger partial charge in [-0.3, -0.25) is 4.79 Å². The third kappa shape index (κ3) is 8.96. The largest absolute Gasteiger partial charge is 0.496 e. The summed E-state index contributed by atoms with van der Waals surface area (Å²) in [6.45, 7) is 18.9. The van der Waals surface area contributed by atoms with Crippen LogP contribution in [0.1, 0.15) is 88.9 Å². The van der Waals surface area contributed by atoms with Gasteiger partial charge in [-0.2, -0.15) is 18.4 Å². The van der Waals surface area contributed by atoms with E-state index in [-0.39, 0.29) is 36.6 Å². The van der Waals surface area contributed by atoms with Crippen molar-refractivity contribution in [3.05, 3.63) is 94.6 Å². The number of methoxy groups -OCH3 is 1. The predicted molar refractivity (Wildman–Crippen MR) is 174 cm³/mol. The van der Waals surface area contributed by atoms with Crippen molar-refractivity contribution in [3.8, 4) is 17.6 Å². The molecule has 2 aromatic carbocycles. The van der Waals surface area contributed by atoms with Crippen molar-refractivity contribution in [1.29, 1.82) is 5.26 Å². The average Bonchev–Trinajstić information content (AvgIpc) is 3.51. The minimum atomic E-state index is -4.59. The number of allylic oxidation sites excluding steroid dienone is 7. The molecule has 44 heavy (non-hydrogen) atoms. The van der Waals surface area contributed by atoms with E-state index in [1.54, 1.807) is 37.5 Å². The van der Waals surface area contributed by atoms with Gasteiger partial charge in [0, 0.05) is 24.1 Å². The molecule has 1 aliphatic heterocycles. The van der Waals surface area contributed by atoms with Crippen molar-refractivity contribution in [2.45, 2.75) is 73.6 Å². The Balaban J connectivity index is 0.00000232. The molecular formula is C36H45F3N2O3. The number of benzene rings is 2. The molecule has 1 saturated heterocycles. The van der Waals surface area contributed by atoms with Crippen molar-refractivity contribution < 1.29 is 27.4 Å². The first-order chi connectivity index (χ1) is 20.9. The van der Waals surface area contributed by atoms with E-state index in [0.29, 0.717) is 16.9 Å². The lowest BCUT2D eigenvalue weighted by Gasteiger charge is -2.32. The zero-order chi connectivity index (χ0) is 33.7. The lowest BCUT2D eigenvalue weighted by Crippen LogP contribution is -2.52. The maximum atomic E-state index is 13.9. The van der Waals surface area contributed by atoms with Gasteiger partial charge in [0.2, 0.25) is 5.60 Å². The maximum Gasteiger partial charge on any atom is 0.429 e. The van der Waals surface area contributed by atoms with Crippen molar-refractivity contribution in [2.75, 3.05) is 20.2 Å². The first kappa shape index (κ1) is 37.9. The van der Waals surface area contributed by atoms with E-state index in [0.717, 1.165) is 27.9 Å². The normalized spacial score (nSPS) is 17.2. The number of ketones is 1. The van der Waals surface area contributed by atoms with Crippen molar-refractivity contribution in [2.24, 2.45) is 0 Å². The van der Waals surface area contributed by atoms with Gasteiger partial charge in [-0.05, 0) is 80.3 Å². The summed E-state index contributed by atoms with van der Waals surface area (Å²) < 4.78 is 52.6. The highest BCUT2D eigenvalue weighted by Crippen LogP contribution is 2.41. The SMILES string of the molecule is C=C\C=C(/C(C)=C(C)/C=C(\C)c1ccc(C(C)=O)cc1OC)c1ccc(OC2(C(F)(F)F)CCNC2)c(C#N)c1.CC.CC. The molecule has 0 bridgehead atoms.